The van der Waals surface area contributed by atoms with E-state index in [-0.39, 0.29) is 5.91 Å². The topological polar surface area (TPSA) is 35.6 Å². The number of likely N-dealkylation sites (tertiary alicyclic amines) is 1. The number of carbonyl (C=O) groups is 1. The number of hydrogen-bond acceptors (Lipinski definition) is 3. The molecule has 0 aromatic rings. The van der Waals surface area contributed by atoms with Crippen LogP contribution in [0.3, 0.4) is 0 Å². The molecule has 4 nitrogen and oxygen atoms in total. The van der Waals surface area contributed by atoms with Gasteiger partial charge in [0.1, 0.15) is 0 Å². The second kappa shape index (κ2) is 8.48. The molecule has 1 amide bonds. The zero-order valence-electron chi connectivity index (χ0n) is 11.4. The highest BCUT2D eigenvalue weighted by Crippen LogP contribution is 2.05. The van der Waals surface area contributed by atoms with Crippen LogP contribution in [0.1, 0.15) is 33.1 Å². The quantitative estimate of drug-likeness (QED) is 0.687. The molecule has 0 radical (unpaired) electrons. The first-order valence-corrected chi connectivity index (χ1v) is 6.97. The van der Waals surface area contributed by atoms with E-state index in [0.29, 0.717) is 6.42 Å². The summed E-state index contributed by atoms with van der Waals surface area (Å²) in [6.45, 7) is 11.4. The maximum atomic E-state index is 11.6. The summed E-state index contributed by atoms with van der Waals surface area (Å²) in [6.07, 6.45) is 3.26. The largest absolute Gasteiger partial charge is 0.355 e. The molecule has 1 fully saturated rings. The van der Waals surface area contributed by atoms with E-state index in [4.69, 9.17) is 0 Å². The van der Waals surface area contributed by atoms with E-state index in [1.165, 1.54) is 25.9 Å². The van der Waals surface area contributed by atoms with Gasteiger partial charge >= 0.3 is 0 Å². The lowest BCUT2D eigenvalue weighted by molar-refractivity contribution is -0.121. The lowest BCUT2D eigenvalue weighted by Gasteiger charge is -2.18. The first kappa shape index (κ1) is 14.5. The molecular weight excluding hydrogens is 214 g/mol. The summed E-state index contributed by atoms with van der Waals surface area (Å²) in [4.78, 5) is 16.3. The Morgan fingerprint density at radius 2 is 1.88 bits per heavy atom. The fourth-order valence-corrected chi connectivity index (χ4v) is 2.25. The van der Waals surface area contributed by atoms with Gasteiger partial charge in [-0.05, 0) is 39.0 Å². The summed E-state index contributed by atoms with van der Waals surface area (Å²) >= 11 is 0. The molecule has 17 heavy (non-hydrogen) atoms. The first-order chi connectivity index (χ1) is 8.26. The predicted molar refractivity (Wildman–Crippen MR) is 71.1 cm³/mol. The van der Waals surface area contributed by atoms with Crippen LogP contribution in [0, 0.1) is 0 Å². The SMILES string of the molecule is CCN(CC)CCC(=O)NCCN1CCCC1. The van der Waals surface area contributed by atoms with Gasteiger partial charge in [0, 0.05) is 26.1 Å². The van der Waals surface area contributed by atoms with Crippen molar-refractivity contribution in [1.29, 1.82) is 0 Å². The molecule has 1 aliphatic heterocycles. The minimum atomic E-state index is 0.191. The maximum absolute atomic E-state index is 11.6. The van der Waals surface area contributed by atoms with Crippen molar-refractivity contribution in [2.24, 2.45) is 0 Å². The van der Waals surface area contributed by atoms with Gasteiger partial charge in [0.05, 0.1) is 0 Å². The third-order valence-corrected chi connectivity index (χ3v) is 3.50. The highest BCUT2D eigenvalue weighted by atomic mass is 16.1. The van der Waals surface area contributed by atoms with Gasteiger partial charge in [0.2, 0.25) is 5.91 Å². The minimum Gasteiger partial charge on any atom is -0.355 e. The van der Waals surface area contributed by atoms with Gasteiger partial charge in [-0.15, -0.1) is 0 Å². The smallest absolute Gasteiger partial charge is 0.221 e. The van der Waals surface area contributed by atoms with E-state index in [1.807, 2.05) is 0 Å². The van der Waals surface area contributed by atoms with Crippen molar-refractivity contribution in [2.75, 3.05) is 45.8 Å². The molecule has 0 bridgehead atoms. The molecule has 100 valence electrons. The second-order valence-electron chi connectivity index (χ2n) is 4.68. The summed E-state index contributed by atoms with van der Waals surface area (Å²) in [5.74, 6) is 0.191. The third-order valence-electron chi connectivity index (χ3n) is 3.50. The van der Waals surface area contributed by atoms with E-state index in [0.717, 1.165) is 32.7 Å². The minimum absolute atomic E-state index is 0.191. The lowest BCUT2D eigenvalue weighted by Crippen LogP contribution is -2.35. The van der Waals surface area contributed by atoms with Gasteiger partial charge in [-0.1, -0.05) is 13.8 Å². The molecule has 0 unspecified atom stereocenters. The third kappa shape index (κ3) is 6.03. The Morgan fingerprint density at radius 1 is 1.24 bits per heavy atom. The summed E-state index contributed by atoms with van der Waals surface area (Å²) in [7, 11) is 0. The predicted octanol–water partition coefficient (Wildman–Crippen LogP) is 0.930. The van der Waals surface area contributed by atoms with Crippen molar-refractivity contribution in [3.8, 4) is 0 Å². The molecule has 1 saturated heterocycles. The summed E-state index contributed by atoms with van der Waals surface area (Å²) in [5.41, 5.74) is 0. The monoisotopic (exact) mass is 241 g/mol. The molecule has 1 N–H and O–H groups in total. The Morgan fingerprint density at radius 3 is 2.47 bits per heavy atom. The van der Waals surface area contributed by atoms with Gasteiger partial charge in [-0.3, -0.25) is 4.79 Å². The molecule has 0 aliphatic carbocycles. The van der Waals surface area contributed by atoms with Crippen molar-refractivity contribution < 1.29 is 4.79 Å². The Labute approximate surface area is 105 Å². The average molecular weight is 241 g/mol. The van der Waals surface area contributed by atoms with Crippen molar-refractivity contribution in [3.05, 3.63) is 0 Å². The number of hydrogen-bond donors (Lipinski definition) is 1. The molecule has 0 aromatic carbocycles. The molecule has 1 rings (SSSR count). The van der Waals surface area contributed by atoms with Gasteiger partial charge in [0.25, 0.3) is 0 Å². The highest BCUT2D eigenvalue weighted by Gasteiger charge is 2.11. The molecule has 0 aromatic heterocycles. The standard InChI is InChI=1S/C13H27N3O/c1-3-15(4-2)11-7-13(17)14-8-12-16-9-5-6-10-16/h3-12H2,1-2H3,(H,14,17). The van der Waals surface area contributed by atoms with Crippen LogP contribution in [0.4, 0.5) is 0 Å². The summed E-state index contributed by atoms with van der Waals surface area (Å²) in [5, 5.41) is 3.01. The molecule has 1 heterocycles. The van der Waals surface area contributed by atoms with Gasteiger partial charge in [0.15, 0.2) is 0 Å². The van der Waals surface area contributed by atoms with E-state index in [1.54, 1.807) is 0 Å². The van der Waals surface area contributed by atoms with E-state index in [2.05, 4.69) is 29.0 Å². The number of nitrogens with one attached hydrogen (secondary N) is 1. The van der Waals surface area contributed by atoms with Gasteiger partial charge in [-0.2, -0.15) is 0 Å². The van der Waals surface area contributed by atoms with E-state index < -0.39 is 0 Å². The lowest BCUT2D eigenvalue weighted by atomic mass is 10.3. The molecule has 0 saturated carbocycles. The zero-order valence-corrected chi connectivity index (χ0v) is 11.4. The molecule has 1 aliphatic rings. The number of amides is 1. The summed E-state index contributed by atoms with van der Waals surface area (Å²) in [6, 6.07) is 0. The Kier molecular flexibility index (Phi) is 7.21. The van der Waals surface area contributed by atoms with Crippen LogP contribution in [-0.4, -0.2) is 61.5 Å². The van der Waals surface area contributed by atoms with E-state index in [9.17, 15) is 4.79 Å². The fraction of sp³-hybridized carbons (Fsp3) is 0.923. The van der Waals surface area contributed by atoms with Crippen LogP contribution < -0.4 is 5.32 Å². The van der Waals surface area contributed by atoms with Crippen molar-refractivity contribution in [1.82, 2.24) is 15.1 Å². The van der Waals surface area contributed by atoms with Crippen LogP contribution in [0.25, 0.3) is 0 Å². The first-order valence-electron chi connectivity index (χ1n) is 6.97. The normalized spacial score (nSPS) is 16.6. The van der Waals surface area contributed by atoms with Crippen LogP contribution in [0.5, 0.6) is 0 Å². The van der Waals surface area contributed by atoms with Gasteiger partial charge in [-0.25, -0.2) is 0 Å². The molecular formula is C13H27N3O. The molecule has 0 atom stereocenters. The number of carbonyl (C=O) groups excluding carboxylic acids is 1. The van der Waals surface area contributed by atoms with Crippen LogP contribution in [-0.2, 0) is 4.79 Å². The Balaban J connectivity index is 2.00. The van der Waals surface area contributed by atoms with Gasteiger partial charge < -0.3 is 15.1 Å². The van der Waals surface area contributed by atoms with Crippen molar-refractivity contribution >= 4 is 5.91 Å². The number of rotatable bonds is 8. The van der Waals surface area contributed by atoms with E-state index >= 15 is 0 Å². The fourth-order valence-electron chi connectivity index (χ4n) is 2.25. The molecule has 0 spiro atoms. The zero-order chi connectivity index (χ0) is 12.5. The van der Waals surface area contributed by atoms with Crippen molar-refractivity contribution in [3.63, 3.8) is 0 Å². The Bertz CT molecular complexity index is 211. The highest BCUT2D eigenvalue weighted by molar-refractivity contribution is 5.76. The second-order valence-corrected chi connectivity index (χ2v) is 4.68. The van der Waals surface area contributed by atoms with Crippen LogP contribution >= 0.6 is 0 Å². The summed E-state index contributed by atoms with van der Waals surface area (Å²) < 4.78 is 0. The van der Waals surface area contributed by atoms with Crippen LogP contribution in [0.15, 0.2) is 0 Å². The number of nitrogens with zero attached hydrogens (tertiary/aromatic N) is 2. The van der Waals surface area contributed by atoms with Crippen LogP contribution in [0.2, 0.25) is 0 Å². The van der Waals surface area contributed by atoms with Crippen molar-refractivity contribution in [2.45, 2.75) is 33.1 Å². The maximum Gasteiger partial charge on any atom is 0.221 e. The molecule has 4 heteroatoms. The Hall–Kier alpha value is -0.610. The average Bonchev–Trinajstić information content (AvgIpc) is 2.83.